The minimum Gasteiger partial charge on any atom is -0.493 e. The number of hydrazine groups is 1. The highest BCUT2D eigenvalue weighted by Gasteiger charge is 2.13. The third-order valence-electron chi connectivity index (χ3n) is 2.62. The Kier molecular flexibility index (Phi) is 6.45. The Morgan fingerprint density at radius 2 is 1.75 bits per heavy atom. The van der Waals surface area contributed by atoms with E-state index in [0.29, 0.717) is 42.4 Å². The summed E-state index contributed by atoms with van der Waals surface area (Å²) in [6, 6.07) is 3.40. The lowest BCUT2D eigenvalue weighted by atomic mass is 10.2. The van der Waals surface area contributed by atoms with Crippen molar-refractivity contribution in [3.05, 3.63) is 12.1 Å². The molecule has 1 rings (SSSR count). The van der Waals surface area contributed by atoms with Crippen LogP contribution in [0.25, 0.3) is 0 Å². The van der Waals surface area contributed by atoms with E-state index < -0.39 is 0 Å². The highest BCUT2D eigenvalue weighted by Crippen LogP contribution is 2.40. The molecule has 1 amide bonds. The van der Waals surface area contributed by atoms with Gasteiger partial charge in [0.05, 0.1) is 27.9 Å². The van der Waals surface area contributed by atoms with Gasteiger partial charge in [0.15, 0.2) is 11.5 Å². The average molecular weight is 284 g/mol. The smallest absolute Gasteiger partial charge is 0.234 e. The van der Waals surface area contributed by atoms with Crippen LogP contribution < -0.4 is 30.2 Å². The number of nitrogens with one attached hydrogen (secondary N) is 1. The summed E-state index contributed by atoms with van der Waals surface area (Å²) in [6.45, 7) is 0.381. The van der Waals surface area contributed by atoms with Gasteiger partial charge < -0.3 is 18.9 Å². The molecule has 0 unspecified atom stereocenters. The predicted molar refractivity (Wildman–Crippen MR) is 73.2 cm³/mol. The highest BCUT2D eigenvalue weighted by atomic mass is 16.5. The largest absolute Gasteiger partial charge is 0.493 e. The van der Waals surface area contributed by atoms with E-state index in [0.717, 1.165) is 0 Å². The van der Waals surface area contributed by atoms with E-state index in [2.05, 4.69) is 5.43 Å². The molecular weight excluding hydrogens is 264 g/mol. The van der Waals surface area contributed by atoms with Crippen molar-refractivity contribution in [2.75, 3.05) is 27.9 Å². The second-order valence-corrected chi connectivity index (χ2v) is 3.88. The van der Waals surface area contributed by atoms with Crippen LogP contribution in [0.1, 0.15) is 12.8 Å². The topological polar surface area (TPSA) is 92.0 Å². The van der Waals surface area contributed by atoms with Crippen molar-refractivity contribution in [1.29, 1.82) is 0 Å². The molecule has 0 atom stereocenters. The maximum atomic E-state index is 11.0. The van der Waals surface area contributed by atoms with Crippen molar-refractivity contribution in [3.8, 4) is 23.0 Å². The maximum Gasteiger partial charge on any atom is 0.234 e. The molecule has 0 fully saturated rings. The number of benzene rings is 1. The van der Waals surface area contributed by atoms with Gasteiger partial charge in [-0.25, -0.2) is 5.84 Å². The fourth-order valence-electron chi connectivity index (χ4n) is 1.64. The van der Waals surface area contributed by atoms with E-state index in [9.17, 15) is 4.79 Å². The number of carbonyl (C=O) groups excluding carboxylic acids is 1. The fraction of sp³-hybridized carbons (Fsp3) is 0.462. The number of amides is 1. The van der Waals surface area contributed by atoms with Gasteiger partial charge in [0, 0.05) is 18.6 Å². The predicted octanol–water partition coefficient (Wildman–Crippen LogP) is 0.861. The van der Waals surface area contributed by atoms with Crippen LogP contribution in [0.5, 0.6) is 23.0 Å². The van der Waals surface area contributed by atoms with Crippen LogP contribution in [0.2, 0.25) is 0 Å². The summed E-state index contributed by atoms with van der Waals surface area (Å²) in [7, 11) is 4.60. The Balaban J connectivity index is 2.68. The number of rotatable bonds is 8. The van der Waals surface area contributed by atoms with Crippen LogP contribution in [-0.4, -0.2) is 33.8 Å². The summed E-state index contributed by atoms with van der Waals surface area (Å²) in [5, 5.41) is 0. The molecule has 0 aliphatic heterocycles. The van der Waals surface area contributed by atoms with Crippen molar-refractivity contribution >= 4 is 5.91 Å². The van der Waals surface area contributed by atoms with Crippen LogP contribution in [0, 0.1) is 0 Å². The molecule has 0 heterocycles. The summed E-state index contributed by atoms with van der Waals surface area (Å²) < 4.78 is 21.2. The zero-order valence-electron chi connectivity index (χ0n) is 11.9. The SMILES string of the molecule is COc1cc(OCCCC(=O)NN)cc(OC)c1OC. The summed E-state index contributed by atoms with van der Waals surface area (Å²) in [5.74, 6) is 6.87. The van der Waals surface area contributed by atoms with Gasteiger partial charge in [0.1, 0.15) is 5.75 Å². The van der Waals surface area contributed by atoms with Crippen LogP contribution >= 0.6 is 0 Å². The number of hydrogen-bond donors (Lipinski definition) is 2. The maximum absolute atomic E-state index is 11.0. The lowest BCUT2D eigenvalue weighted by Crippen LogP contribution is -2.29. The van der Waals surface area contributed by atoms with Gasteiger partial charge in [-0.2, -0.15) is 0 Å². The lowest BCUT2D eigenvalue weighted by molar-refractivity contribution is -0.121. The Bertz CT molecular complexity index is 425. The molecule has 0 aliphatic rings. The van der Waals surface area contributed by atoms with E-state index in [1.54, 1.807) is 12.1 Å². The minimum absolute atomic E-state index is 0.224. The number of carbonyl (C=O) groups is 1. The van der Waals surface area contributed by atoms with Crippen LogP contribution in [0.15, 0.2) is 12.1 Å². The summed E-state index contributed by atoms with van der Waals surface area (Å²) in [4.78, 5) is 11.0. The third kappa shape index (κ3) is 4.20. The van der Waals surface area contributed by atoms with E-state index in [4.69, 9.17) is 24.8 Å². The quantitative estimate of drug-likeness (QED) is 0.318. The van der Waals surface area contributed by atoms with Crippen LogP contribution in [0.4, 0.5) is 0 Å². The van der Waals surface area contributed by atoms with Crippen molar-refractivity contribution < 1.29 is 23.7 Å². The molecule has 0 radical (unpaired) electrons. The first-order valence-corrected chi connectivity index (χ1v) is 6.08. The van der Waals surface area contributed by atoms with Crippen molar-refractivity contribution in [3.63, 3.8) is 0 Å². The van der Waals surface area contributed by atoms with Crippen molar-refractivity contribution in [2.24, 2.45) is 5.84 Å². The third-order valence-corrected chi connectivity index (χ3v) is 2.62. The minimum atomic E-state index is -0.224. The van der Waals surface area contributed by atoms with Gasteiger partial charge in [-0.1, -0.05) is 0 Å². The summed E-state index contributed by atoms with van der Waals surface area (Å²) in [6.07, 6.45) is 0.862. The molecule has 0 aromatic heterocycles. The standard InChI is InChI=1S/C13H20N2O5/c1-17-10-7-9(8-11(18-2)13(10)19-3)20-6-4-5-12(16)15-14/h7-8H,4-6,14H2,1-3H3,(H,15,16). The van der Waals surface area contributed by atoms with Gasteiger partial charge in [0.2, 0.25) is 11.7 Å². The average Bonchev–Trinajstić information content (AvgIpc) is 2.49. The van der Waals surface area contributed by atoms with Crippen LogP contribution in [-0.2, 0) is 4.79 Å². The highest BCUT2D eigenvalue weighted by molar-refractivity contribution is 5.75. The fourth-order valence-corrected chi connectivity index (χ4v) is 1.64. The van der Waals surface area contributed by atoms with E-state index in [1.807, 2.05) is 0 Å². The Hall–Kier alpha value is -2.15. The van der Waals surface area contributed by atoms with Gasteiger partial charge in [-0.05, 0) is 6.42 Å². The zero-order chi connectivity index (χ0) is 15.0. The molecule has 0 aliphatic carbocycles. The first kappa shape index (κ1) is 15.9. The van der Waals surface area contributed by atoms with E-state index in [-0.39, 0.29) is 5.91 Å². The molecule has 0 saturated heterocycles. The molecule has 0 saturated carbocycles. The second kappa shape index (κ2) is 8.11. The van der Waals surface area contributed by atoms with Crippen molar-refractivity contribution in [2.45, 2.75) is 12.8 Å². The Morgan fingerprint density at radius 3 is 2.20 bits per heavy atom. The number of ether oxygens (including phenoxy) is 4. The van der Waals surface area contributed by atoms with Gasteiger partial charge in [-0.15, -0.1) is 0 Å². The summed E-state index contributed by atoms with van der Waals surface area (Å²) in [5.41, 5.74) is 2.06. The first-order valence-electron chi connectivity index (χ1n) is 6.08. The van der Waals surface area contributed by atoms with Crippen molar-refractivity contribution in [1.82, 2.24) is 5.43 Å². The molecule has 112 valence electrons. The Morgan fingerprint density at radius 1 is 1.15 bits per heavy atom. The van der Waals surface area contributed by atoms with Gasteiger partial charge >= 0.3 is 0 Å². The molecule has 0 bridgehead atoms. The second-order valence-electron chi connectivity index (χ2n) is 3.88. The molecule has 0 spiro atoms. The lowest BCUT2D eigenvalue weighted by Gasteiger charge is -2.14. The number of methoxy groups -OCH3 is 3. The molecule has 7 nitrogen and oxygen atoms in total. The molecule has 7 heteroatoms. The molecule has 1 aromatic rings. The normalized spacial score (nSPS) is 9.80. The number of nitrogens with two attached hydrogens (primary N) is 1. The first-order chi connectivity index (χ1) is 9.65. The summed E-state index contributed by atoms with van der Waals surface area (Å²) >= 11 is 0. The zero-order valence-corrected chi connectivity index (χ0v) is 11.9. The number of hydrogen-bond acceptors (Lipinski definition) is 6. The monoisotopic (exact) mass is 284 g/mol. The van der Waals surface area contributed by atoms with Crippen LogP contribution in [0.3, 0.4) is 0 Å². The molecule has 20 heavy (non-hydrogen) atoms. The van der Waals surface area contributed by atoms with Gasteiger partial charge in [-0.3, -0.25) is 10.2 Å². The molecule has 3 N–H and O–H groups in total. The molecule has 1 aromatic carbocycles. The van der Waals surface area contributed by atoms with E-state index >= 15 is 0 Å². The molecular formula is C13H20N2O5. The Labute approximate surface area is 117 Å². The van der Waals surface area contributed by atoms with Gasteiger partial charge in [0.25, 0.3) is 0 Å². The van der Waals surface area contributed by atoms with E-state index in [1.165, 1.54) is 21.3 Å².